The molecule has 0 spiro atoms. The highest BCUT2D eigenvalue weighted by molar-refractivity contribution is 6.46. The van der Waals surface area contributed by atoms with Gasteiger partial charge in [0.15, 0.2) is 0 Å². The summed E-state index contributed by atoms with van der Waals surface area (Å²) >= 11 is 0. The number of carbonyl (C=O) groups excluding carboxylic acids is 2. The topological polar surface area (TPSA) is 97.8 Å². The van der Waals surface area contributed by atoms with E-state index < -0.39 is 17.7 Å². The predicted octanol–water partition coefficient (Wildman–Crippen LogP) is 2.77. The van der Waals surface area contributed by atoms with Crippen LogP contribution in [0.1, 0.15) is 22.7 Å². The number of Topliss-reactive ketones (excluding diaryl/α,β-unsaturated/α-hetero) is 1. The van der Waals surface area contributed by atoms with Gasteiger partial charge < -0.3 is 29.0 Å². The fourth-order valence-electron chi connectivity index (χ4n) is 4.73. The summed E-state index contributed by atoms with van der Waals surface area (Å²) in [5, 5.41) is 11.4. The second-order valence-electron chi connectivity index (χ2n) is 8.74. The molecular formula is C27H32N2O7. The Morgan fingerprint density at radius 3 is 2.33 bits per heavy atom. The molecule has 2 aromatic carbocycles. The van der Waals surface area contributed by atoms with Crippen LogP contribution in [0.15, 0.2) is 42.0 Å². The molecule has 1 amide bonds. The van der Waals surface area contributed by atoms with Crippen LogP contribution in [-0.2, 0) is 14.3 Å². The first-order valence-corrected chi connectivity index (χ1v) is 11.8. The van der Waals surface area contributed by atoms with E-state index in [0.717, 1.165) is 18.7 Å². The summed E-state index contributed by atoms with van der Waals surface area (Å²) in [6.07, 6.45) is 0. The van der Waals surface area contributed by atoms with E-state index in [1.165, 1.54) is 12.0 Å². The quantitative estimate of drug-likeness (QED) is 0.339. The van der Waals surface area contributed by atoms with Crippen molar-refractivity contribution in [2.24, 2.45) is 0 Å². The van der Waals surface area contributed by atoms with Gasteiger partial charge in [0.2, 0.25) is 0 Å². The molecule has 9 nitrogen and oxygen atoms in total. The molecule has 2 aromatic rings. The van der Waals surface area contributed by atoms with Gasteiger partial charge in [-0.2, -0.15) is 0 Å². The first kappa shape index (κ1) is 25.5. The maximum atomic E-state index is 13.4. The molecule has 1 unspecified atom stereocenters. The number of methoxy groups -OCH3 is 3. The van der Waals surface area contributed by atoms with Gasteiger partial charge in [-0.15, -0.1) is 0 Å². The molecule has 2 saturated heterocycles. The minimum Gasteiger partial charge on any atom is -0.507 e. The van der Waals surface area contributed by atoms with Crippen LogP contribution in [0.3, 0.4) is 0 Å². The highest BCUT2D eigenvalue weighted by atomic mass is 16.5. The predicted molar refractivity (Wildman–Crippen MR) is 134 cm³/mol. The van der Waals surface area contributed by atoms with Gasteiger partial charge in [-0.1, -0.05) is 0 Å². The van der Waals surface area contributed by atoms with Crippen LogP contribution in [-0.4, -0.2) is 87.3 Å². The molecule has 0 aliphatic carbocycles. The van der Waals surface area contributed by atoms with Crippen molar-refractivity contribution in [1.29, 1.82) is 0 Å². The molecule has 9 heteroatoms. The van der Waals surface area contributed by atoms with Gasteiger partial charge in [0.25, 0.3) is 11.7 Å². The second kappa shape index (κ2) is 11.0. The van der Waals surface area contributed by atoms with Crippen molar-refractivity contribution < 1.29 is 33.6 Å². The van der Waals surface area contributed by atoms with E-state index in [-0.39, 0.29) is 11.3 Å². The SMILES string of the molecule is COc1ccc(C2C(=C(O)c3ccc(OC)c(C)c3)C(=O)C(=O)N2CCN2CCOCC2)c(OC)c1. The molecule has 0 radical (unpaired) electrons. The highest BCUT2D eigenvalue weighted by Crippen LogP contribution is 2.43. The Balaban J connectivity index is 1.81. The lowest BCUT2D eigenvalue weighted by molar-refractivity contribution is -0.140. The number of likely N-dealkylation sites (tertiary alicyclic amines) is 1. The van der Waals surface area contributed by atoms with E-state index in [0.29, 0.717) is 54.7 Å². The van der Waals surface area contributed by atoms with E-state index in [1.54, 1.807) is 50.6 Å². The monoisotopic (exact) mass is 496 g/mol. The van der Waals surface area contributed by atoms with E-state index in [4.69, 9.17) is 18.9 Å². The zero-order chi connectivity index (χ0) is 25.8. The van der Waals surface area contributed by atoms with E-state index in [2.05, 4.69) is 4.90 Å². The van der Waals surface area contributed by atoms with Gasteiger partial charge >= 0.3 is 0 Å². The van der Waals surface area contributed by atoms with Crippen molar-refractivity contribution in [3.63, 3.8) is 0 Å². The van der Waals surface area contributed by atoms with Crippen molar-refractivity contribution in [3.05, 3.63) is 58.7 Å². The molecular weight excluding hydrogens is 464 g/mol. The average molecular weight is 497 g/mol. The van der Waals surface area contributed by atoms with Crippen LogP contribution in [0.25, 0.3) is 5.76 Å². The minimum absolute atomic E-state index is 0.0232. The Morgan fingerprint density at radius 2 is 1.69 bits per heavy atom. The van der Waals surface area contributed by atoms with Crippen molar-refractivity contribution in [1.82, 2.24) is 9.80 Å². The summed E-state index contributed by atoms with van der Waals surface area (Å²) in [5.41, 5.74) is 1.83. The number of morpholine rings is 1. The second-order valence-corrected chi connectivity index (χ2v) is 8.74. The summed E-state index contributed by atoms with van der Waals surface area (Å²) in [4.78, 5) is 30.4. The summed E-state index contributed by atoms with van der Waals surface area (Å²) in [5.74, 6) is 0.0616. The fraction of sp³-hybridized carbons (Fsp3) is 0.407. The van der Waals surface area contributed by atoms with Crippen LogP contribution < -0.4 is 14.2 Å². The number of rotatable bonds is 8. The number of ether oxygens (including phenoxy) is 4. The van der Waals surface area contributed by atoms with E-state index in [9.17, 15) is 14.7 Å². The third kappa shape index (κ3) is 4.89. The number of aryl methyl sites for hydroxylation is 1. The summed E-state index contributed by atoms with van der Waals surface area (Å²) in [6.45, 7) is 5.50. The van der Waals surface area contributed by atoms with Crippen molar-refractivity contribution in [2.45, 2.75) is 13.0 Å². The molecule has 1 N–H and O–H groups in total. The number of amides is 1. The van der Waals surface area contributed by atoms with Gasteiger partial charge in [-0.25, -0.2) is 0 Å². The summed E-state index contributed by atoms with van der Waals surface area (Å²) < 4.78 is 21.7. The molecule has 2 aliphatic heterocycles. The van der Waals surface area contributed by atoms with Gasteiger partial charge in [0, 0.05) is 43.4 Å². The molecule has 0 aromatic heterocycles. The third-order valence-electron chi connectivity index (χ3n) is 6.70. The molecule has 2 aliphatic rings. The van der Waals surface area contributed by atoms with Crippen molar-refractivity contribution >= 4 is 17.4 Å². The third-order valence-corrected chi connectivity index (χ3v) is 6.70. The van der Waals surface area contributed by atoms with E-state index in [1.807, 2.05) is 6.92 Å². The van der Waals surface area contributed by atoms with E-state index >= 15 is 0 Å². The number of hydrogen-bond donors (Lipinski definition) is 1. The number of aliphatic hydroxyl groups is 1. The Bertz CT molecular complexity index is 1170. The van der Waals surface area contributed by atoms with Gasteiger partial charge in [-0.3, -0.25) is 14.5 Å². The molecule has 36 heavy (non-hydrogen) atoms. The fourth-order valence-corrected chi connectivity index (χ4v) is 4.73. The number of aliphatic hydroxyl groups excluding tert-OH is 1. The molecule has 0 saturated carbocycles. The first-order valence-electron chi connectivity index (χ1n) is 11.8. The Hall–Kier alpha value is -3.56. The van der Waals surface area contributed by atoms with Crippen LogP contribution >= 0.6 is 0 Å². The standard InChI is InChI=1S/C27H32N2O7/c1-17-15-18(5-8-21(17)34-3)25(30)23-24(20-7-6-19(33-2)16-22(20)35-4)29(27(32)26(23)31)10-9-28-11-13-36-14-12-28/h5-8,15-16,24,30H,9-14H2,1-4H3. The summed E-state index contributed by atoms with van der Waals surface area (Å²) in [7, 11) is 4.64. The Morgan fingerprint density at radius 1 is 0.972 bits per heavy atom. The Labute approximate surface area is 210 Å². The molecule has 1 atom stereocenters. The number of benzene rings is 2. The molecule has 2 heterocycles. The maximum absolute atomic E-state index is 13.4. The van der Waals surface area contributed by atoms with Gasteiger partial charge in [-0.05, 0) is 42.8 Å². The van der Waals surface area contributed by atoms with Gasteiger partial charge in [0.05, 0.1) is 46.2 Å². The first-order chi connectivity index (χ1) is 17.4. The number of hydrogen-bond acceptors (Lipinski definition) is 8. The van der Waals surface area contributed by atoms with Crippen molar-refractivity contribution in [2.75, 3.05) is 60.7 Å². The lowest BCUT2D eigenvalue weighted by Gasteiger charge is -2.31. The van der Waals surface area contributed by atoms with Crippen LogP contribution in [0.2, 0.25) is 0 Å². The molecule has 2 fully saturated rings. The number of nitrogens with zero attached hydrogens (tertiary/aromatic N) is 2. The largest absolute Gasteiger partial charge is 0.507 e. The van der Waals surface area contributed by atoms with Crippen LogP contribution in [0.4, 0.5) is 0 Å². The van der Waals surface area contributed by atoms with Crippen LogP contribution in [0, 0.1) is 6.92 Å². The molecule has 0 bridgehead atoms. The number of carbonyl (C=O) groups is 2. The number of ketones is 1. The average Bonchev–Trinajstić information content (AvgIpc) is 3.16. The highest BCUT2D eigenvalue weighted by Gasteiger charge is 2.47. The lowest BCUT2D eigenvalue weighted by atomic mass is 9.94. The molecule has 4 rings (SSSR count). The normalized spacial score (nSPS) is 20.0. The van der Waals surface area contributed by atoms with Crippen LogP contribution in [0.5, 0.6) is 17.2 Å². The smallest absolute Gasteiger partial charge is 0.295 e. The lowest BCUT2D eigenvalue weighted by Crippen LogP contribution is -2.42. The molecule has 192 valence electrons. The maximum Gasteiger partial charge on any atom is 0.295 e. The zero-order valence-electron chi connectivity index (χ0n) is 21.1. The summed E-state index contributed by atoms with van der Waals surface area (Å²) in [6, 6.07) is 9.52. The van der Waals surface area contributed by atoms with Gasteiger partial charge in [0.1, 0.15) is 23.0 Å². The minimum atomic E-state index is -0.825. The Kier molecular flexibility index (Phi) is 7.81. The zero-order valence-corrected chi connectivity index (χ0v) is 21.1. The van der Waals surface area contributed by atoms with Crippen molar-refractivity contribution in [3.8, 4) is 17.2 Å².